The Morgan fingerprint density at radius 3 is 2.32 bits per heavy atom. The second-order valence-corrected chi connectivity index (χ2v) is 5.46. The molecule has 0 atom stereocenters. The summed E-state index contributed by atoms with van der Waals surface area (Å²) in [6.45, 7) is 3.37. The molecule has 19 heavy (non-hydrogen) atoms. The van der Waals surface area contributed by atoms with Gasteiger partial charge in [0.25, 0.3) is 0 Å². The van der Waals surface area contributed by atoms with Gasteiger partial charge in [-0.2, -0.15) is 0 Å². The SMILES string of the molecule is CCN(C)C1(c2ccc3ccccc3c2)CCC1.Cl. The van der Waals surface area contributed by atoms with E-state index in [0.29, 0.717) is 5.54 Å². The largest absolute Gasteiger partial charge is 0.297 e. The molecule has 0 heterocycles. The molecule has 0 bridgehead atoms. The van der Waals surface area contributed by atoms with E-state index in [1.165, 1.54) is 35.6 Å². The first-order valence-electron chi connectivity index (χ1n) is 6.97. The maximum atomic E-state index is 2.51. The van der Waals surface area contributed by atoms with Crippen LogP contribution in [0.25, 0.3) is 10.8 Å². The summed E-state index contributed by atoms with van der Waals surface area (Å²) >= 11 is 0. The van der Waals surface area contributed by atoms with Crippen molar-refractivity contribution in [1.29, 1.82) is 0 Å². The van der Waals surface area contributed by atoms with Crippen LogP contribution < -0.4 is 0 Å². The van der Waals surface area contributed by atoms with Crippen molar-refractivity contribution in [3.8, 4) is 0 Å². The summed E-state index contributed by atoms with van der Waals surface area (Å²) in [6.07, 6.45) is 3.96. The van der Waals surface area contributed by atoms with E-state index in [0.717, 1.165) is 6.54 Å². The van der Waals surface area contributed by atoms with E-state index in [1.807, 2.05) is 0 Å². The third-order valence-electron chi connectivity index (χ3n) is 4.67. The molecule has 2 heteroatoms. The van der Waals surface area contributed by atoms with Crippen LogP contribution in [0.3, 0.4) is 0 Å². The van der Waals surface area contributed by atoms with Crippen LogP contribution in [0.4, 0.5) is 0 Å². The lowest BCUT2D eigenvalue weighted by Crippen LogP contribution is -2.48. The fourth-order valence-electron chi connectivity index (χ4n) is 3.18. The van der Waals surface area contributed by atoms with E-state index in [9.17, 15) is 0 Å². The molecule has 0 N–H and O–H groups in total. The first-order chi connectivity index (χ1) is 8.76. The van der Waals surface area contributed by atoms with Gasteiger partial charge in [0.15, 0.2) is 0 Å². The predicted molar refractivity (Wildman–Crippen MR) is 85.0 cm³/mol. The molecule has 0 radical (unpaired) electrons. The van der Waals surface area contributed by atoms with Crippen molar-refractivity contribution in [3.05, 3.63) is 48.0 Å². The van der Waals surface area contributed by atoms with Crippen molar-refractivity contribution in [2.75, 3.05) is 13.6 Å². The quantitative estimate of drug-likeness (QED) is 0.792. The highest BCUT2D eigenvalue weighted by Crippen LogP contribution is 2.46. The molecule has 2 aromatic carbocycles. The molecule has 2 aromatic rings. The molecule has 0 amide bonds. The zero-order chi connectivity index (χ0) is 12.6. The number of hydrogen-bond acceptors (Lipinski definition) is 1. The van der Waals surface area contributed by atoms with Crippen molar-refractivity contribution >= 4 is 23.2 Å². The molecule has 0 spiro atoms. The summed E-state index contributed by atoms with van der Waals surface area (Å²) in [5, 5.41) is 2.71. The first-order valence-corrected chi connectivity index (χ1v) is 6.97. The molecule has 0 aromatic heterocycles. The topological polar surface area (TPSA) is 3.24 Å². The molecule has 102 valence electrons. The van der Waals surface area contributed by atoms with E-state index in [4.69, 9.17) is 0 Å². The van der Waals surface area contributed by atoms with Crippen molar-refractivity contribution < 1.29 is 0 Å². The second kappa shape index (κ2) is 5.52. The average Bonchev–Trinajstić information content (AvgIpc) is 2.37. The van der Waals surface area contributed by atoms with E-state index in [1.54, 1.807) is 0 Å². The first kappa shape index (κ1) is 14.4. The fraction of sp³-hybridized carbons (Fsp3) is 0.412. The van der Waals surface area contributed by atoms with Crippen LogP contribution >= 0.6 is 12.4 Å². The molecule has 0 unspecified atom stereocenters. The molecule has 0 saturated heterocycles. The van der Waals surface area contributed by atoms with Gasteiger partial charge in [-0.1, -0.05) is 43.3 Å². The van der Waals surface area contributed by atoms with Gasteiger partial charge in [0.1, 0.15) is 0 Å². The molecule has 1 nitrogen and oxygen atoms in total. The van der Waals surface area contributed by atoms with Gasteiger partial charge in [-0.15, -0.1) is 12.4 Å². The lowest BCUT2D eigenvalue weighted by molar-refractivity contribution is 0.0392. The Morgan fingerprint density at radius 2 is 1.74 bits per heavy atom. The highest BCUT2D eigenvalue weighted by atomic mass is 35.5. The highest BCUT2D eigenvalue weighted by molar-refractivity contribution is 5.85. The van der Waals surface area contributed by atoms with E-state index >= 15 is 0 Å². The number of nitrogens with zero attached hydrogens (tertiary/aromatic N) is 1. The van der Waals surface area contributed by atoms with Crippen LogP contribution in [-0.2, 0) is 5.54 Å². The van der Waals surface area contributed by atoms with Gasteiger partial charge >= 0.3 is 0 Å². The number of halogens is 1. The van der Waals surface area contributed by atoms with Crippen LogP contribution in [0.2, 0.25) is 0 Å². The minimum atomic E-state index is 0. The van der Waals surface area contributed by atoms with Crippen molar-refractivity contribution in [2.45, 2.75) is 31.7 Å². The molecule has 1 aliphatic carbocycles. The van der Waals surface area contributed by atoms with Gasteiger partial charge in [0, 0.05) is 5.54 Å². The van der Waals surface area contributed by atoms with Gasteiger partial charge in [-0.3, -0.25) is 4.90 Å². The summed E-state index contributed by atoms with van der Waals surface area (Å²) in [4.78, 5) is 2.51. The van der Waals surface area contributed by atoms with Gasteiger partial charge < -0.3 is 0 Å². The normalized spacial score (nSPS) is 17.0. The number of rotatable bonds is 3. The number of hydrogen-bond donors (Lipinski definition) is 0. The maximum absolute atomic E-state index is 2.51. The molecule has 3 rings (SSSR count). The average molecular weight is 276 g/mol. The summed E-state index contributed by atoms with van der Waals surface area (Å²) in [5.41, 5.74) is 1.80. The predicted octanol–water partition coefficient (Wildman–Crippen LogP) is 4.59. The maximum Gasteiger partial charge on any atom is 0.0457 e. The number of benzene rings is 2. The van der Waals surface area contributed by atoms with Crippen molar-refractivity contribution in [3.63, 3.8) is 0 Å². The standard InChI is InChI=1S/C17H21N.ClH/c1-3-18(2)17(11-6-12-17)16-10-9-14-7-4-5-8-15(14)13-16;/h4-5,7-10,13H,3,6,11-12H2,1-2H3;1H. The minimum absolute atomic E-state index is 0. The van der Waals surface area contributed by atoms with E-state index in [-0.39, 0.29) is 12.4 Å². The Morgan fingerprint density at radius 1 is 1.05 bits per heavy atom. The Kier molecular flexibility index (Phi) is 4.17. The number of fused-ring (bicyclic) bond motifs is 1. The van der Waals surface area contributed by atoms with Crippen molar-refractivity contribution in [2.24, 2.45) is 0 Å². The monoisotopic (exact) mass is 275 g/mol. The smallest absolute Gasteiger partial charge is 0.0457 e. The molecular weight excluding hydrogens is 254 g/mol. The molecule has 0 aliphatic heterocycles. The molecule has 1 aliphatic rings. The third kappa shape index (κ3) is 2.26. The Labute approximate surface area is 122 Å². The molecule has 1 fully saturated rings. The lowest BCUT2D eigenvalue weighted by Gasteiger charge is -2.49. The Balaban J connectivity index is 0.00000133. The van der Waals surface area contributed by atoms with Gasteiger partial charge in [0.05, 0.1) is 0 Å². The van der Waals surface area contributed by atoms with Gasteiger partial charge in [-0.25, -0.2) is 0 Å². The van der Waals surface area contributed by atoms with Gasteiger partial charge in [0.2, 0.25) is 0 Å². The molecule has 1 saturated carbocycles. The summed E-state index contributed by atoms with van der Waals surface area (Å²) in [6, 6.07) is 15.6. The third-order valence-corrected chi connectivity index (χ3v) is 4.67. The van der Waals surface area contributed by atoms with Crippen LogP contribution in [-0.4, -0.2) is 18.5 Å². The summed E-state index contributed by atoms with van der Waals surface area (Å²) in [5.74, 6) is 0. The van der Waals surface area contributed by atoms with Crippen LogP contribution in [0.1, 0.15) is 31.7 Å². The van der Waals surface area contributed by atoms with Crippen LogP contribution in [0.15, 0.2) is 42.5 Å². The highest BCUT2D eigenvalue weighted by Gasteiger charge is 2.41. The lowest BCUT2D eigenvalue weighted by atomic mass is 9.70. The summed E-state index contributed by atoms with van der Waals surface area (Å²) < 4.78 is 0. The summed E-state index contributed by atoms with van der Waals surface area (Å²) in [7, 11) is 2.26. The van der Waals surface area contributed by atoms with Crippen LogP contribution in [0.5, 0.6) is 0 Å². The second-order valence-electron chi connectivity index (χ2n) is 5.46. The van der Waals surface area contributed by atoms with Gasteiger partial charge in [-0.05, 0) is 55.3 Å². The van der Waals surface area contributed by atoms with E-state index in [2.05, 4.69) is 61.3 Å². The Hall–Kier alpha value is -1.05. The van der Waals surface area contributed by atoms with Crippen molar-refractivity contribution in [1.82, 2.24) is 4.90 Å². The fourth-order valence-corrected chi connectivity index (χ4v) is 3.18. The van der Waals surface area contributed by atoms with Crippen LogP contribution in [0, 0.1) is 0 Å². The van der Waals surface area contributed by atoms with E-state index < -0.39 is 0 Å². The zero-order valence-corrected chi connectivity index (χ0v) is 12.5. The molecular formula is C17H22ClN. The minimum Gasteiger partial charge on any atom is -0.297 e. The zero-order valence-electron chi connectivity index (χ0n) is 11.7. The Bertz CT molecular complexity index is 560.